The van der Waals surface area contributed by atoms with Crippen molar-refractivity contribution in [2.45, 2.75) is 11.8 Å². The fourth-order valence-electron chi connectivity index (χ4n) is 2.21. The van der Waals surface area contributed by atoms with Crippen LogP contribution in [0.4, 0.5) is 5.69 Å². The summed E-state index contributed by atoms with van der Waals surface area (Å²) in [6.07, 6.45) is 2.00. The summed E-state index contributed by atoms with van der Waals surface area (Å²) in [5, 5.41) is 0.565. The minimum absolute atomic E-state index is 0.0201. The van der Waals surface area contributed by atoms with Gasteiger partial charge in [0.15, 0.2) is 6.29 Å². The molecule has 0 saturated heterocycles. The van der Waals surface area contributed by atoms with Crippen molar-refractivity contribution in [1.82, 2.24) is 0 Å². The highest BCUT2D eigenvalue weighted by atomic mass is 32.2. The molecule has 0 bridgehead atoms. The van der Waals surface area contributed by atoms with Gasteiger partial charge in [0, 0.05) is 5.39 Å². The minimum Gasteiger partial charge on any atom is -0.464 e. The molecule has 0 saturated carbocycles. The smallest absolute Gasteiger partial charge is 0.261 e. The van der Waals surface area contributed by atoms with Crippen LogP contribution in [0.15, 0.2) is 58.0 Å². The number of rotatable bonds is 4. The van der Waals surface area contributed by atoms with Crippen LogP contribution in [0.1, 0.15) is 15.9 Å². The maximum Gasteiger partial charge on any atom is 0.261 e. The molecule has 0 spiro atoms. The SMILES string of the molecule is Cc1ccccc1NS(=O)(=O)c1cc(C=O)c2occc2c1. The Kier molecular flexibility index (Phi) is 3.46. The second kappa shape index (κ2) is 5.31. The Morgan fingerprint density at radius 3 is 2.64 bits per heavy atom. The number of aryl methyl sites for hydroxylation is 1. The summed E-state index contributed by atoms with van der Waals surface area (Å²) in [7, 11) is -3.79. The number of hydrogen-bond acceptors (Lipinski definition) is 4. The van der Waals surface area contributed by atoms with Crippen LogP contribution in [0.3, 0.4) is 0 Å². The summed E-state index contributed by atoms with van der Waals surface area (Å²) >= 11 is 0. The average Bonchev–Trinajstić information content (AvgIpc) is 2.97. The molecule has 1 heterocycles. The molecule has 0 aliphatic carbocycles. The van der Waals surface area contributed by atoms with E-state index in [9.17, 15) is 13.2 Å². The van der Waals surface area contributed by atoms with Crippen molar-refractivity contribution in [2.75, 3.05) is 4.72 Å². The molecule has 3 aromatic rings. The van der Waals surface area contributed by atoms with E-state index in [1.165, 1.54) is 18.4 Å². The molecule has 0 radical (unpaired) electrons. The molecule has 0 atom stereocenters. The van der Waals surface area contributed by atoms with Gasteiger partial charge < -0.3 is 4.42 Å². The molecule has 3 rings (SSSR count). The number of anilines is 1. The van der Waals surface area contributed by atoms with Crippen molar-refractivity contribution >= 4 is 33.0 Å². The minimum atomic E-state index is -3.79. The Morgan fingerprint density at radius 2 is 1.91 bits per heavy atom. The summed E-state index contributed by atoms with van der Waals surface area (Å²) in [6.45, 7) is 1.81. The number of hydrogen-bond donors (Lipinski definition) is 1. The average molecular weight is 315 g/mol. The zero-order chi connectivity index (χ0) is 15.7. The van der Waals surface area contributed by atoms with Gasteiger partial charge in [0.2, 0.25) is 0 Å². The van der Waals surface area contributed by atoms with Crippen molar-refractivity contribution in [1.29, 1.82) is 0 Å². The van der Waals surface area contributed by atoms with Crippen molar-refractivity contribution in [3.8, 4) is 0 Å². The van der Waals surface area contributed by atoms with Gasteiger partial charge in [-0.2, -0.15) is 0 Å². The second-order valence-corrected chi connectivity index (χ2v) is 6.57. The summed E-state index contributed by atoms with van der Waals surface area (Å²) < 4.78 is 32.8. The quantitative estimate of drug-likeness (QED) is 0.749. The van der Waals surface area contributed by atoms with Gasteiger partial charge in [0.1, 0.15) is 5.58 Å². The number of carbonyl (C=O) groups excluding carboxylic acids is 1. The number of fused-ring (bicyclic) bond motifs is 1. The fraction of sp³-hybridized carbons (Fsp3) is 0.0625. The van der Waals surface area contributed by atoms with Gasteiger partial charge in [-0.3, -0.25) is 9.52 Å². The predicted molar refractivity (Wildman–Crippen MR) is 83.6 cm³/mol. The van der Waals surface area contributed by atoms with E-state index in [0.717, 1.165) is 5.56 Å². The largest absolute Gasteiger partial charge is 0.464 e. The van der Waals surface area contributed by atoms with Crippen LogP contribution < -0.4 is 4.72 Å². The number of carbonyl (C=O) groups is 1. The standard InChI is InChI=1S/C16H13NO4S/c1-11-4-2-3-5-15(11)17-22(19,20)14-8-12-6-7-21-16(12)13(9-14)10-18/h2-10,17H,1H3. The van der Waals surface area contributed by atoms with Crippen LogP contribution in [-0.4, -0.2) is 14.7 Å². The molecular formula is C16H13NO4S. The lowest BCUT2D eigenvalue weighted by atomic mass is 10.2. The monoisotopic (exact) mass is 315 g/mol. The maximum absolute atomic E-state index is 12.5. The Labute approximate surface area is 127 Å². The van der Waals surface area contributed by atoms with E-state index in [1.54, 1.807) is 18.2 Å². The molecule has 2 aromatic carbocycles. The Bertz CT molecular complexity index is 957. The molecule has 22 heavy (non-hydrogen) atoms. The lowest BCUT2D eigenvalue weighted by molar-refractivity contribution is 0.112. The molecule has 0 unspecified atom stereocenters. The van der Waals surface area contributed by atoms with Gasteiger partial charge in [-0.1, -0.05) is 18.2 Å². The molecular weight excluding hydrogens is 302 g/mol. The summed E-state index contributed by atoms with van der Waals surface area (Å²) in [5.74, 6) is 0. The third-order valence-corrected chi connectivity index (χ3v) is 4.72. The first kappa shape index (κ1) is 14.3. The van der Waals surface area contributed by atoms with Gasteiger partial charge >= 0.3 is 0 Å². The van der Waals surface area contributed by atoms with E-state index >= 15 is 0 Å². The molecule has 0 fully saturated rings. The van der Waals surface area contributed by atoms with E-state index in [2.05, 4.69) is 4.72 Å². The molecule has 0 aliphatic heterocycles. The molecule has 1 N–H and O–H groups in total. The first-order valence-corrected chi connectivity index (χ1v) is 8.04. The highest BCUT2D eigenvalue weighted by molar-refractivity contribution is 7.92. The van der Waals surface area contributed by atoms with Crippen molar-refractivity contribution in [3.63, 3.8) is 0 Å². The first-order valence-electron chi connectivity index (χ1n) is 6.56. The van der Waals surface area contributed by atoms with E-state index in [4.69, 9.17) is 4.42 Å². The highest BCUT2D eigenvalue weighted by Crippen LogP contribution is 2.26. The highest BCUT2D eigenvalue weighted by Gasteiger charge is 2.18. The molecule has 0 aliphatic rings. The Morgan fingerprint density at radius 1 is 1.14 bits per heavy atom. The molecule has 5 nitrogen and oxygen atoms in total. The third kappa shape index (κ3) is 2.48. The lowest BCUT2D eigenvalue weighted by Crippen LogP contribution is -2.14. The van der Waals surface area contributed by atoms with Crippen molar-refractivity contribution < 1.29 is 17.6 Å². The normalized spacial score (nSPS) is 11.5. The molecule has 6 heteroatoms. The van der Waals surface area contributed by atoms with Gasteiger partial charge in [-0.25, -0.2) is 8.42 Å². The third-order valence-electron chi connectivity index (χ3n) is 3.38. The summed E-state index contributed by atoms with van der Waals surface area (Å²) in [6, 6.07) is 11.5. The summed E-state index contributed by atoms with van der Waals surface area (Å²) in [4.78, 5) is 11.2. The number of benzene rings is 2. The van der Waals surface area contributed by atoms with Crippen LogP contribution in [0.2, 0.25) is 0 Å². The predicted octanol–water partition coefficient (Wildman–Crippen LogP) is 3.35. The topological polar surface area (TPSA) is 76.4 Å². The Hall–Kier alpha value is -2.60. The van der Waals surface area contributed by atoms with Gasteiger partial charge in [-0.15, -0.1) is 0 Å². The van der Waals surface area contributed by atoms with Crippen LogP contribution in [0.5, 0.6) is 0 Å². The van der Waals surface area contributed by atoms with Crippen LogP contribution in [0.25, 0.3) is 11.0 Å². The van der Waals surface area contributed by atoms with Crippen LogP contribution in [0, 0.1) is 6.92 Å². The van der Waals surface area contributed by atoms with E-state index in [1.807, 2.05) is 19.1 Å². The van der Waals surface area contributed by atoms with Crippen LogP contribution in [-0.2, 0) is 10.0 Å². The molecule has 1 aromatic heterocycles. The number of para-hydroxylation sites is 1. The van der Waals surface area contributed by atoms with E-state index in [0.29, 0.717) is 22.9 Å². The second-order valence-electron chi connectivity index (χ2n) is 4.89. The van der Waals surface area contributed by atoms with Gasteiger partial charge in [0.05, 0.1) is 22.4 Å². The van der Waals surface area contributed by atoms with Crippen molar-refractivity contribution in [3.05, 3.63) is 59.9 Å². The Balaban J connectivity index is 2.09. The van der Waals surface area contributed by atoms with Gasteiger partial charge in [-0.05, 0) is 36.8 Å². The number of nitrogens with one attached hydrogen (secondary N) is 1. The first-order chi connectivity index (χ1) is 10.5. The number of aldehydes is 1. The van der Waals surface area contributed by atoms with Crippen LogP contribution >= 0.6 is 0 Å². The van der Waals surface area contributed by atoms with Gasteiger partial charge in [0.25, 0.3) is 10.0 Å². The fourth-order valence-corrected chi connectivity index (χ4v) is 3.42. The lowest BCUT2D eigenvalue weighted by Gasteiger charge is -2.11. The number of sulfonamides is 1. The van der Waals surface area contributed by atoms with E-state index in [-0.39, 0.29) is 10.5 Å². The van der Waals surface area contributed by atoms with E-state index < -0.39 is 10.0 Å². The molecule has 112 valence electrons. The molecule has 0 amide bonds. The maximum atomic E-state index is 12.5. The zero-order valence-corrected chi connectivity index (χ0v) is 12.6. The number of furan rings is 1. The van der Waals surface area contributed by atoms with Crippen molar-refractivity contribution in [2.24, 2.45) is 0 Å². The zero-order valence-electron chi connectivity index (χ0n) is 11.7. The summed E-state index contributed by atoms with van der Waals surface area (Å²) in [5.41, 5.74) is 1.89.